The Morgan fingerprint density at radius 2 is 0.833 bits per heavy atom. The second kappa shape index (κ2) is 25.6. The Balaban J connectivity index is 3.34. The quantitative estimate of drug-likeness (QED) is 0.0858. The Morgan fingerprint density at radius 3 is 1.31 bits per heavy atom. The van der Waals surface area contributed by atoms with Crippen LogP contribution in [0.1, 0.15) is 163 Å². The van der Waals surface area contributed by atoms with E-state index in [2.05, 4.69) is 34.6 Å². The minimum absolute atomic E-state index is 0.0127. The first-order valence-electron chi connectivity index (χ1n) is 15.6. The van der Waals surface area contributed by atoms with Gasteiger partial charge in [0.15, 0.2) is 0 Å². The second-order valence-electron chi connectivity index (χ2n) is 11.9. The van der Waals surface area contributed by atoms with Crippen molar-refractivity contribution in [2.45, 2.75) is 163 Å². The molecule has 1 atom stereocenters. The summed E-state index contributed by atoms with van der Waals surface area (Å²) >= 11 is 0. The van der Waals surface area contributed by atoms with Crippen LogP contribution in [-0.2, 0) is 19.1 Å². The molecule has 0 saturated heterocycles. The van der Waals surface area contributed by atoms with E-state index in [0.29, 0.717) is 32.0 Å². The minimum Gasteiger partial charge on any atom is -0.466 e. The topological polar surface area (TPSA) is 52.6 Å². The fourth-order valence-corrected chi connectivity index (χ4v) is 4.51. The molecule has 0 fully saturated rings. The van der Waals surface area contributed by atoms with E-state index in [1.165, 1.54) is 70.6 Å². The van der Waals surface area contributed by atoms with E-state index in [1.807, 2.05) is 0 Å². The molecule has 0 heterocycles. The van der Waals surface area contributed by atoms with Crippen molar-refractivity contribution in [2.75, 3.05) is 13.2 Å². The van der Waals surface area contributed by atoms with Gasteiger partial charge in [-0.05, 0) is 56.3 Å². The van der Waals surface area contributed by atoms with Crippen LogP contribution in [0.3, 0.4) is 0 Å². The highest BCUT2D eigenvalue weighted by Gasteiger charge is 2.08. The third-order valence-corrected chi connectivity index (χ3v) is 7.05. The zero-order valence-electron chi connectivity index (χ0n) is 24.9. The van der Waals surface area contributed by atoms with Crippen LogP contribution < -0.4 is 0 Å². The van der Waals surface area contributed by atoms with Crippen molar-refractivity contribution in [1.29, 1.82) is 0 Å². The van der Waals surface area contributed by atoms with Crippen molar-refractivity contribution in [1.82, 2.24) is 0 Å². The van der Waals surface area contributed by atoms with E-state index in [0.717, 1.165) is 56.8 Å². The lowest BCUT2D eigenvalue weighted by Crippen LogP contribution is -2.08. The number of ether oxygens (including phenoxy) is 2. The van der Waals surface area contributed by atoms with Crippen LogP contribution in [-0.4, -0.2) is 25.2 Å². The summed E-state index contributed by atoms with van der Waals surface area (Å²) in [5.74, 6) is 2.05. The number of rotatable bonds is 26. The van der Waals surface area contributed by atoms with Gasteiger partial charge in [-0.25, -0.2) is 0 Å². The Labute approximate surface area is 225 Å². The molecule has 0 aliphatic heterocycles. The lowest BCUT2D eigenvalue weighted by atomic mass is 9.97. The highest BCUT2D eigenvalue weighted by molar-refractivity contribution is 5.69. The van der Waals surface area contributed by atoms with Crippen LogP contribution in [0.25, 0.3) is 0 Å². The molecule has 214 valence electrons. The average Bonchev–Trinajstić information content (AvgIpc) is 2.82. The molecule has 0 saturated carbocycles. The summed E-state index contributed by atoms with van der Waals surface area (Å²) in [6.45, 7) is 12.4. The first kappa shape index (κ1) is 34.9. The monoisotopic (exact) mass is 510 g/mol. The molecule has 0 aliphatic carbocycles. The maximum absolute atomic E-state index is 11.9. The van der Waals surface area contributed by atoms with Crippen molar-refractivity contribution in [3.63, 3.8) is 0 Å². The van der Waals surface area contributed by atoms with Gasteiger partial charge >= 0.3 is 11.9 Å². The molecule has 0 bridgehead atoms. The van der Waals surface area contributed by atoms with Gasteiger partial charge in [0.05, 0.1) is 13.2 Å². The molecule has 0 N–H and O–H groups in total. The number of hydrogen-bond acceptors (Lipinski definition) is 4. The molecule has 36 heavy (non-hydrogen) atoms. The van der Waals surface area contributed by atoms with Crippen LogP contribution in [0.15, 0.2) is 0 Å². The fourth-order valence-electron chi connectivity index (χ4n) is 4.51. The molecule has 4 nitrogen and oxygen atoms in total. The number of carbonyl (C=O) groups is 2. The normalized spacial score (nSPS) is 12.3. The van der Waals surface area contributed by atoms with Crippen molar-refractivity contribution in [2.24, 2.45) is 17.8 Å². The Hall–Kier alpha value is -1.06. The van der Waals surface area contributed by atoms with Gasteiger partial charge in [0, 0.05) is 12.8 Å². The summed E-state index contributed by atoms with van der Waals surface area (Å²) in [6, 6.07) is 0. The first-order valence-corrected chi connectivity index (χ1v) is 15.6. The molecule has 0 rings (SSSR count). The van der Waals surface area contributed by atoms with Crippen LogP contribution in [0, 0.1) is 17.8 Å². The smallest absolute Gasteiger partial charge is 0.305 e. The minimum atomic E-state index is -0.0150. The van der Waals surface area contributed by atoms with Crippen LogP contribution in [0.4, 0.5) is 0 Å². The van der Waals surface area contributed by atoms with Gasteiger partial charge in [0.2, 0.25) is 0 Å². The zero-order chi connectivity index (χ0) is 26.9. The van der Waals surface area contributed by atoms with Gasteiger partial charge in [0.25, 0.3) is 0 Å². The van der Waals surface area contributed by atoms with E-state index in [1.54, 1.807) is 0 Å². The van der Waals surface area contributed by atoms with Crippen molar-refractivity contribution < 1.29 is 19.1 Å². The van der Waals surface area contributed by atoms with Gasteiger partial charge in [-0.1, -0.05) is 112 Å². The molecule has 0 aromatic carbocycles. The molecule has 0 aliphatic rings. The Morgan fingerprint density at radius 1 is 0.444 bits per heavy atom. The van der Waals surface area contributed by atoms with Crippen molar-refractivity contribution in [3.8, 4) is 0 Å². The Bertz CT molecular complexity index is 500. The predicted molar refractivity (Wildman–Crippen MR) is 153 cm³/mol. The van der Waals surface area contributed by atoms with E-state index >= 15 is 0 Å². The summed E-state index contributed by atoms with van der Waals surface area (Å²) in [7, 11) is 0. The summed E-state index contributed by atoms with van der Waals surface area (Å²) in [5.41, 5.74) is 0. The van der Waals surface area contributed by atoms with Crippen molar-refractivity contribution in [3.05, 3.63) is 0 Å². The molecule has 0 amide bonds. The van der Waals surface area contributed by atoms with Gasteiger partial charge in [0.1, 0.15) is 0 Å². The summed E-state index contributed by atoms with van der Waals surface area (Å²) < 4.78 is 10.7. The lowest BCUT2D eigenvalue weighted by Gasteiger charge is -2.11. The number of hydrogen-bond donors (Lipinski definition) is 0. The highest BCUT2D eigenvalue weighted by Crippen LogP contribution is 2.17. The molecule has 0 aromatic rings. The first-order chi connectivity index (χ1) is 17.3. The van der Waals surface area contributed by atoms with E-state index in [4.69, 9.17) is 9.47 Å². The van der Waals surface area contributed by atoms with Gasteiger partial charge < -0.3 is 9.47 Å². The third-order valence-electron chi connectivity index (χ3n) is 7.05. The molecule has 1 unspecified atom stereocenters. The third kappa shape index (κ3) is 27.5. The molecule has 0 radical (unpaired) electrons. The SMILES string of the molecule is CC(C)CCCCOC(=O)CCCCCCCCCCCCC(C)CCC(=O)OCCCCC(C)C. The van der Waals surface area contributed by atoms with Crippen LogP contribution in [0.5, 0.6) is 0 Å². The molecule has 4 heteroatoms. The highest BCUT2D eigenvalue weighted by atomic mass is 16.5. The van der Waals surface area contributed by atoms with Gasteiger partial charge in [-0.2, -0.15) is 0 Å². The zero-order valence-corrected chi connectivity index (χ0v) is 24.9. The van der Waals surface area contributed by atoms with E-state index in [-0.39, 0.29) is 11.9 Å². The number of esters is 2. The summed E-state index contributed by atoms with van der Waals surface area (Å²) in [6.07, 6.45) is 22.6. The van der Waals surface area contributed by atoms with Gasteiger partial charge in [-0.15, -0.1) is 0 Å². The fraction of sp³-hybridized carbons (Fsp3) is 0.938. The van der Waals surface area contributed by atoms with E-state index < -0.39 is 0 Å². The largest absolute Gasteiger partial charge is 0.466 e. The molecular weight excluding hydrogens is 448 g/mol. The molecule has 0 aromatic heterocycles. The number of unbranched alkanes of at least 4 members (excludes halogenated alkanes) is 11. The maximum Gasteiger partial charge on any atom is 0.305 e. The Kier molecular flexibility index (Phi) is 24.8. The lowest BCUT2D eigenvalue weighted by molar-refractivity contribution is -0.145. The maximum atomic E-state index is 11.9. The summed E-state index contributed by atoms with van der Waals surface area (Å²) in [5, 5.41) is 0. The van der Waals surface area contributed by atoms with Gasteiger partial charge in [-0.3, -0.25) is 9.59 Å². The van der Waals surface area contributed by atoms with Crippen LogP contribution in [0.2, 0.25) is 0 Å². The van der Waals surface area contributed by atoms with Crippen molar-refractivity contribution >= 4 is 11.9 Å². The summed E-state index contributed by atoms with van der Waals surface area (Å²) in [4.78, 5) is 23.6. The average molecular weight is 511 g/mol. The second-order valence-corrected chi connectivity index (χ2v) is 11.9. The molecular formula is C32H62O4. The number of carbonyl (C=O) groups excluding carboxylic acids is 2. The molecule has 0 spiro atoms. The van der Waals surface area contributed by atoms with Crippen LogP contribution >= 0.6 is 0 Å². The van der Waals surface area contributed by atoms with E-state index in [9.17, 15) is 9.59 Å². The predicted octanol–water partition coefficient (Wildman–Crippen LogP) is 9.82. The standard InChI is InChI=1S/C32H62O4/c1-28(2)20-16-18-26-35-31(33)23-15-13-11-9-7-6-8-10-12-14-22-30(5)24-25-32(34)36-27-19-17-21-29(3)4/h28-30H,6-27H2,1-5H3.